The maximum absolute atomic E-state index is 13.5. The molecule has 3 rings (SSSR count). The first kappa shape index (κ1) is 23.8. The molecule has 0 fully saturated rings. The zero-order valence-corrected chi connectivity index (χ0v) is 19.4. The van der Waals surface area contributed by atoms with Gasteiger partial charge in [0.2, 0.25) is 0 Å². The number of rotatable bonds is 9. The lowest BCUT2D eigenvalue weighted by atomic mass is 10.1. The number of hydrazone groups is 1. The average molecular weight is 468 g/mol. The lowest BCUT2D eigenvalue weighted by molar-refractivity contribution is -0.119. The number of hydrogen-bond acceptors (Lipinski definition) is 6. The number of nitrogens with zero attached hydrogens (tertiary/aromatic N) is 2. The Hall–Kier alpha value is -3.85. The van der Waals surface area contributed by atoms with E-state index in [1.165, 1.54) is 32.4 Å². The van der Waals surface area contributed by atoms with Crippen LogP contribution in [0.3, 0.4) is 0 Å². The van der Waals surface area contributed by atoms with Crippen LogP contribution < -0.4 is 19.2 Å². The van der Waals surface area contributed by atoms with Crippen molar-refractivity contribution in [3.05, 3.63) is 84.4 Å². The highest BCUT2D eigenvalue weighted by Crippen LogP contribution is 2.35. The van der Waals surface area contributed by atoms with Crippen molar-refractivity contribution >= 4 is 27.3 Å². The summed E-state index contributed by atoms with van der Waals surface area (Å²) in [4.78, 5) is 12.8. The summed E-state index contributed by atoms with van der Waals surface area (Å²) in [6.45, 7) is 1.24. The summed E-state index contributed by atoms with van der Waals surface area (Å²) >= 11 is 0. The van der Waals surface area contributed by atoms with E-state index in [1.54, 1.807) is 37.3 Å². The molecule has 8 nitrogen and oxygen atoms in total. The smallest absolute Gasteiger partial charge is 0.264 e. The molecule has 0 aromatic heterocycles. The fourth-order valence-electron chi connectivity index (χ4n) is 3.07. The molecule has 0 radical (unpaired) electrons. The van der Waals surface area contributed by atoms with E-state index in [0.29, 0.717) is 11.5 Å². The summed E-state index contributed by atoms with van der Waals surface area (Å²) in [7, 11) is -1.18. The summed E-state index contributed by atoms with van der Waals surface area (Å²) in [5, 5.41) is 4.11. The van der Waals surface area contributed by atoms with Gasteiger partial charge in [0.1, 0.15) is 18.0 Å². The van der Waals surface area contributed by atoms with Crippen LogP contribution in [-0.2, 0) is 14.8 Å². The van der Waals surface area contributed by atoms with Crippen LogP contribution in [0.15, 0.2) is 88.9 Å². The fraction of sp³-hybridized carbons (Fsp3) is 0.167. The van der Waals surface area contributed by atoms with Gasteiger partial charge in [-0.25, -0.2) is 13.8 Å². The molecule has 3 aromatic rings. The normalized spacial score (nSPS) is 11.5. The van der Waals surface area contributed by atoms with E-state index >= 15 is 0 Å². The first-order chi connectivity index (χ1) is 15.9. The number of carbonyl (C=O) groups excluding carboxylic acids is 1. The minimum atomic E-state index is -4.09. The van der Waals surface area contributed by atoms with Gasteiger partial charge in [0.25, 0.3) is 15.9 Å². The Morgan fingerprint density at radius 1 is 0.939 bits per heavy atom. The van der Waals surface area contributed by atoms with Crippen LogP contribution in [-0.4, -0.2) is 40.8 Å². The largest absolute Gasteiger partial charge is 0.497 e. The Morgan fingerprint density at radius 2 is 1.58 bits per heavy atom. The molecule has 9 heteroatoms. The number of amides is 1. The van der Waals surface area contributed by atoms with Gasteiger partial charge in [-0.2, -0.15) is 5.10 Å². The van der Waals surface area contributed by atoms with E-state index in [2.05, 4.69) is 10.5 Å². The molecule has 3 aromatic carbocycles. The molecule has 172 valence electrons. The van der Waals surface area contributed by atoms with Gasteiger partial charge in [-0.05, 0) is 36.8 Å². The molecule has 1 amide bonds. The van der Waals surface area contributed by atoms with Gasteiger partial charge in [-0.1, -0.05) is 48.5 Å². The number of nitrogens with one attached hydrogen (secondary N) is 1. The SMILES string of the molecule is COc1ccc(N(CC(=O)N/N=C(/C)c2ccccc2)S(=O)(=O)c2ccccc2)c(OC)c1. The zero-order valence-electron chi connectivity index (χ0n) is 18.6. The summed E-state index contributed by atoms with van der Waals surface area (Å²) < 4.78 is 38.5. The predicted octanol–water partition coefficient (Wildman–Crippen LogP) is 3.44. The number of methoxy groups -OCH3 is 2. The van der Waals surface area contributed by atoms with Crippen molar-refractivity contribution in [2.75, 3.05) is 25.1 Å². The summed E-state index contributed by atoms with van der Waals surface area (Å²) in [5.41, 5.74) is 4.06. The van der Waals surface area contributed by atoms with Crippen molar-refractivity contribution in [2.45, 2.75) is 11.8 Å². The van der Waals surface area contributed by atoms with Gasteiger partial charge < -0.3 is 9.47 Å². The van der Waals surface area contributed by atoms with Gasteiger partial charge in [0, 0.05) is 6.07 Å². The molecule has 0 aliphatic rings. The third-order valence-corrected chi connectivity index (χ3v) is 6.59. The Bertz CT molecular complexity index is 1230. The first-order valence-electron chi connectivity index (χ1n) is 10.0. The second-order valence-corrected chi connectivity index (χ2v) is 8.82. The van der Waals surface area contributed by atoms with Crippen molar-refractivity contribution < 1.29 is 22.7 Å². The number of hydrogen-bond donors (Lipinski definition) is 1. The summed E-state index contributed by atoms with van der Waals surface area (Å²) in [6.07, 6.45) is 0. The van der Waals surface area contributed by atoms with Crippen LogP contribution in [0, 0.1) is 0 Å². The van der Waals surface area contributed by atoms with Crippen molar-refractivity contribution in [3.63, 3.8) is 0 Å². The minimum absolute atomic E-state index is 0.0413. The minimum Gasteiger partial charge on any atom is -0.497 e. The van der Waals surface area contributed by atoms with Crippen LogP contribution in [0.2, 0.25) is 0 Å². The molecule has 0 saturated heterocycles. The molecular weight excluding hydrogens is 442 g/mol. The van der Waals surface area contributed by atoms with E-state index in [0.717, 1.165) is 9.87 Å². The maximum Gasteiger partial charge on any atom is 0.264 e. The number of benzene rings is 3. The van der Waals surface area contributed by atoms with Crippen LogP contribution in [0.5, 0.6) is 11.5 Å². The van der Waals surface area contributed by atoms with E-state index < -0.39 is 22.5 Å². The number of anilines is 1. The van der Waals surface area contributed by atoms with Crippen molar-refractivity contribution in [1.82, 2.24) is 5.43 Å². The topological polar surface area (TPSA) is 97.3 Å². The first-order valence-corrected chi connectivity index (χ1v) is 11.5. The fourth-order valence-corrected chi connectivity index (χ4v) is 4.52. The number of ether oxygens (including phenoxy) is 2. The van der Waals surface area contributed by atoms with E-state index in [1.807, 2.05) is 30.3 Å². The van der Waals surface area contributed by atoms with Crippen LogP contribution in [0.25, 0.3) is 0 Å². The van der Waals surface area contributed by atoms with Crippen molar-refractivity contribution in [2.24, 2.45) is 5.10 Å². The molecule has 0 atom stereocenters. The summed E-state index contributed by atoms with van der Waals surface area (Å²) in [5.74, 6) is 0.119. The quantitative estimate of drug-likeness (QED) is 0.384. The number of carbonyl (C=O) groups is 1. The highest BCUT2D eigenvalue weighted by molar-refractivity contribution is 7.92. The van der Waals surface area contributed by atoms with E-state index in [4.69, 9.17) is 9.47 Å². The lowest BCUT2D eigenvalue weighted by Crippen LogP contribution is -2.40. The molecule has 33 heavy (non-hydrogen) atoms. The van der Waals surface area contributed by atoms with Gasteiger partial charge in [0.05, 0.1) is 30.5 Å². The Labute approximate surface area is 193 Å². The highest BCUT2D eigenvalue weighted by atomic mass is 32.2. The predicted molar refractivity (Wildman–Crippen MR) is 127 cm³/mol. The van der Waals surface area contributed by atoms with Crippen LogP contribution in [0.4, 0.5) is 5.69 Å². The van der Waals surface area contributed by atoms with Gasteiger partial charge in [-0.3, -0.25) is 9.10 Å². The third kappa shape index (κ3) is 5.69. The Balaban J connectivity index is 1.95. The number of sulfonamides is 1. The highest BCUT2D eigenvalue weighted by Gasteiger charge is 2.29. The van der Waals surface area contributed by atoms with Crippen LogP contribution in [0.1, 0.15) is 12.5 Å². The zero-order chi connectivity index (χ0) is 23.8. The Morgan fingerprint density at radius 3 is 2.18 bits per heavy atom. The van der Waals surface area contributed by atoms with Crippen molar-refractivity contribution in [3.8, 4) is 11.5 Å². The molecule has 0 unspecified atom stereocenters. The second kappa shape index (κ2) is 10.6. The molecule has 0 aliphatic carbocycles. The average Bonchev–Trinajstić information content (AvgIpc) is 2.86. The molecule has 1 N–H and O–H groups in total. The Kier molecular flexibility index (Phi) is 7.68. The molecule has 0 heterocycles. The maximum atomic E-state index is 13.5. The molecule has 0 spiro atoms. The summed E-state index contributed by atoms with van der Waals surface area (Å²) in [6, 6.07) is 21.9. The molecule has 0 bridgehead atoms. The van der Waals surface area contributed by atoms with E-state index in [-0.39, 0.29) is 16.3 Å². The standard InChI is InChI=1S/C24H25N3O5S/c1-18(19-10-6-4-7-11-19)25-26-24(28)17-27(33(29,30)21-12-8-5-9-13-21)22-15-14-20(31-2)16-23(22)32-3/h4-16H,17H2,1-3H3,(H,26,28)/b25-18-. The van der Waals surface area contributed by atoms with Gasteiger partial charge in [-0.15, -0.1) is 0 Å². The van der Waals surface area contributed by atoms with Gasteiger partial charge in [0.15, 0.2) is 0 Å². The third-order valence-electron chi connectivity index (χ3n) is 4.81. The monoisotopic (exact) mass is 467 g/mol. The molecule has 0 saturated carbocycles. The van der Waals surface area contributed by atoms with Crippen molar-refractivity contribution in [1.29, 1.82) is 0 Å². The lowest BCUT2D eigenvalue weighted by Gasteiger charge is -2.25. The molecular formula is C24H25N3O5S. The second-order valence-electron chi connectivity index (χ2n) is 6.96. The molecule has 0 aliphatic heterocycles. The van der Waals surface area contributed by atoms with Gasteiger partial charge >= 0.3 is 0 Å². The van der Waals surface area contributed by atoms with E-state index in [9.17, 15) is 13.2 Å². The van der Waals surface area contributed by atoms with Crippen LogP contribution >= 0.6 is 0 Å².